The van der Waals surface area contributed by atoms with E-state index in [2.05, 4.69) is 40.3 Å². The highest BCUT2D eigenvalue weighted by molar-refractivity contribution is 4.76. The first-order valence-electron chi connectivity index (χ1n) is 6.76. The second-order valence-corrected chi connectivity index (χ2v) is 5.14. The molecule has 0 spiro atoms. The number of hydrogen-bond acceptors (Lipinski definition) is 0. The SMILES string of the molecule is C=CCC(C)C(CCC)CCC(C)CC. The van der Waals surface area contributed by atoms with Crippen LogP contribution in [0.5, 0.6) is 0 Å². The molecule has 0 N–H and O–H groups in total. The molecule has 90 valence electrons. The van der Waals surface area contributed by atoms with Gasteiger partial charge in [0, 0.05) is 0 Å². The van der Waals surface area contributed by atoms with E-state index in [1.807, 2.05) is 0 Å². The quantitative estimate of drug-likeness (QED) is 0.444. The van der Waals surface area contributed by atoms with Gasteiger partial charge in [0.15, 0.2) is 0 Å². The predicted molar refractivity (Wildman–Crippen MR) is 71.1 cm³/mol. The first-order valence-corrected chi connectivity index (χ1v) is 6.76. The minimum atomic E-state index is 0.825. The third kappa shape index (κ3) is 6.76. The molecule has 0 heterocycles. The van der Waals surface area contributed by atoms with Gasteiger partial charge in [-0.1, -0.05) is 59.5 Å². The second kappa shape index (κ2) is 9.00. The van der Waals surface area contributed by atoms with Gasteiger partial charge >= 0.3 is 0 Å². The Morgan fingerprint density at radius 3 is 2.20 bits per heavy atom. The summed E-state index contributed by atoms with van der Waals surface area (Å²) >= 11 is 0. The highest BCUT2D eigenvalue weighted by Crippen LogP contribution is 2.27. The Balaban J connectivity index is 3.96. The monoisotopic (exact) mass is 210 g/mol. The summed E-state index contributed by atoms with van der Waals surface area (Å²) in [6, 6.07) is 0. The molecule has 0 heteroatoms. The van der Waals surface area contributed by atoms with Gasteiger partial charge in [-0.15, -0.1) is 6.58 Å². The van der Waals surface area contributed by atoms with Gasteiger partial charge in [0.1, 0.15) is 0 Å². The van der Waals surface area contributed by atoms with Crippen LogP contribution < -0.4 is 0 Å². The Labute approximate surface area is 97.2 Å². The van der Waals surface area contributed by atoms with E-state index in [0.29, 0.717) is 0 Å². The summed E-state index contributed by atoms with van der Waals surface area (Å²) in [6.45, 7) is 13.2. The first-order chi connectivity index (χ1) is 7.15. The summed E-state index contributed by atoms with van der Waals surface area (Å²) in [5, 5.41) is 0. The van der Waals surface area contributed by atoms with E-state index in [1.54, 1.807) is 0 Å². The maximum Gasteiger partial charge on any atom is -0.0325 e. The van der Waals surface area contributed by atoms with Gasteiger partial charge in [-0.2, -0.15) is 0 Å². The van der Waals surface area contributed by atoms with Crippen LogP contribution in [0.25, 0.3) is 0 Å². The minimum absolute atomic E-state index is 0.825. The molecule has 3 atom stereocenters. The summed E-state index contributed by atoms with van der Waals surface area (Å²) in [5.74, 6) is 2.65. The normalized spacial score (nSPS) is 17.1. The van der Waals surface area contributed by atoms with Crippen LogP contribution in [0.1, 0.15) is 66.2 Å². The van der Waals surface area contributed by atoms with E-state index >= 15 is 0 Å². The smallest absolute Gasteiger partial charge is 0.0325 e. The maximum atomic E-state index is 3.85. The summed E-state index contributed by atoms with van der Waals surface area (Å²) in [6.07, 6.45) is 10.1. The lowest BCUT2D eigenvalue weighted by Gasteiger charge is -2.24. The average molecular weight is 210 g/mol. The fourth-order valence-electron chi connectivity index (χ4n) is 2.24. The van der Waals surface area contributed by atoms with Crippen LogP contribution in [-0.2, 0) is 0 Å². The molecule has 0 bridgehead atoms. The molecule has 0 radical (unpaired) electrons. The number of allylic oxidation sites excluding steroid dienone is 1. The van der Waals surface area contributed by atoms with Crippen LogP contribution in [0.15, 0.2) is 12.7 Å². The van der Waals surface area contributed by atoms with E-state index in [4.69, 9.17) is 0 Å². The molecule has 0 aromatic heterocycles. The average Bonchev–Trinajstić information content (AvgIpc) is 2.23. The maximum absolute atomic E-state index is 3.85. The minimum Gasteiger partial charge on any atom is -0.103 e. The lowest BCUT2D eigenvalue weighted by Crippen LogP contribution is -2.12. The molecule has 15 heavy (non-hydrogen) atoms. The van der Waals surface area contributed by atoms with Crippen molar-refractivity contribution in [3.63, 3.8) is 0 Å². The van der Waals surface area contributed by atoms with Crippen LogP contribution in [0.4, 0.5) is 0 Å². The molecule has 0 rings (SSSR count). The lowest BCUT2D eigenvalue weighted by atomic mass is 9.82. The summed E-state index contributed by atoms with van der Waals surface area (Å²) in [4.78, 5) is 0. The molecule has 0 saturated carbocycles. The van der Waals surface area contributed by atoms with Crippen molar-refractivity contribution in [2.75, 3.05) is 0 Å². The molecule has 0 aromatic carbocycles. The van der Waals surface area contributed by atoms with Crippen molar-refractivity contribution in [1.82, 2.24) is 0 Å². The topological polar surface area (TPSA) is 0 Å². The Bertz CT molecular complexity index is 148. The molecule has 0 aliphatic carbocycles. The number of rotatable bonds is 9. The van der Waals surface area contributed by atoms with Gasteiger partial charge in [-0.25, -0.2) is 0 Å². The van der Waals surface area contributed by atoms with Gasteiger partial charge < -0.3 is 0 Å². The summed E-state index contributed by atoms with van der Waals surface area (Å²) in [5.41, 5.74) is 0. The number of hydrogen-bond donors (Lipinski definition) is 0. The van der Waals surface area contributed by atoms with Crippen LogP contribution >= 0.6 is 0 Å². The van der Waals surface area contributed by atoms with E-state index in [0.717, 1.165) is 17.8 Å². The molecule has 3 unspecified atom stereocenters. The standard InChI is InChI=1S/C15H30/c1-6-9-14(5)15(10-7-2)12-11-13(4)8-3/h6,13-15H,1,7-12H2,2-5H3. The van der Waals surface area contributed by atoms with Crippen molar-refractivity contribution in [2.45, 2.75) is 66.2 Å². The van der Waals surface area contributed by atoms with Gasteiger partial charge in [0.25, 0.3) is 0 Å². The Morgan fingerprint density at radius 2 is 1.73 bits per heavy atom. The van der Waals surface area contributed by atoms with Crippen molar-refractivity contribution < 1.29 is 0 Å². The fourth-order valence-corrected chi connectivity index (χ4v) is 2.24. The van der Waals surface area contributed by atoms with Crippen molar-refractivity contribution >= 4 is 0 Å². The van der Waals surface area contributed by atoms with E-state index in [1.165, 1.54) is 38.5 Å². The first kappa shape index (κ1) is 14.7. The molecule has 0 aliphatic heterocycles. The third-order valence-corrected chi connectivity index (χ3v) is 3.73. The zero-order valence-electron chi connectivity index (χ0n) is 11.3. The molecule has 0 aliphatic rings. The summed E-state index contributed by atoms with van der Waals surface area (Å²) < 4.78 is 0. The van der Waals surface area contributed by atoms with Crippen molar-refractivity contribution in [1.29, 1.82) is 0 Å². The Kier molecular flexibility index (Phi) is 8.85. The van der Waals surface area contributed by atoms with Gasteiger partial charge in [-0.3, -0.25) is 0 Å². The van der Waals surface area contributed by atoms with Crippen LogP contribution in [-0.4, -0.2) is 0 Å². The summed E-state index contributed by atoms with van der Waals surface area (Å²) in [7, 11) is 0. The van der Waals surface area contributed by atoms with Crippen molar-refractivity contribution in [3.05, 3.63) is 12.7 Å². The fraction of sp³-hybridized carbons (Fsp3) is 0.867. The van der Waals surface area contributed by atoms with Crippen LogP contribution in [0.3, 0.4) is 0 Å². The molecule has 0 fully saturated rings. The zero-order chi connectivity index (χ0) is 11.7. The van der Waals surface area contributed by atoms with Crippen molar-refractivity contribution in [2.24, 2.45) is 17.8 Å². The molecule has 0 amide bonds. The third-order valence-electron chi connectivity index (χ3n) is 3.73. The molecule has 0 saturated heterocycles. The van der Waals surface area contributed by atoms with Crippen LogP contribution in [0, 0.1) is 17.8 Å². The van der Waals surface area contributed by atoms with Gasteiger partial charge in [0.05, 0.1) is 0 Å². The van der Waals surface area contributed by atoms with Crippen LogP contribution in [0.2, 0.25) is 0 Å². The van der Waals surface area contributed by atoms with E-state index in [9.17, 15) is 0 Å². The highest BCUT2D eigenvalue weighted by Gasteiger charge is 2.15. The van der Waals surface area contributed by atoms with Crippen molar-refractivity contribution in [3.8, 4) is 0 Å². The Hall–Kier alpha value is -0.260. The molecule has 0 aromatic rings. The lowest BCUT2D eigenvalue weighted by molar-refractivity contribution is 0.288. The highest BCUT2D eigenvalue weighted by atomic mass is 14.2. The largest absolute Gasteiger partial charge is 0.103 e. The molecular formula is C15H30. The van der Waals surface area contributed by atoms with Gasteiger partial charge in [-0.05, 0) is 30.6 Å². The predicted octanol–water partition coefficient (Wildman–Crippen LogP) is 5.44. The van der Waals surface area contributed by atoms with E-state index in [-0.39, 0.29) is 0 Å². The zero-order valence-corrected chi connectivity index (χ0v) is 11.3. The molecule has 0 nitrogen and oxygen atoms in total. The van der Waals surface area contributed by atoms with E-state index < -0.39 is 0 Å². The van der Waals surface area contributed by atoms with Gasteiger partial charge in [0.2, 0.25) is 0 Å². The Morgan fingerprint density at radius 1 is 1.07 bits per heavy atom. The second-order valence-electron chi connectivity index (χ2n) is 5.14. The molecular weight excluding hydrogens is 180 g/mol.